The van der Waals surface area contributed by atoms with Crippen LogP contribution in [0.4, 0.5) is 11.4 Å². The first kappa shape index (κ1) is 28.8. The van der Waals surface area contributed by atoms with Gasteiger partial charge in [0.15, 0.2) is 0 Å². The molecule has 2 aromatic rings. The molecule has 4 aliphatic rings. The normalized spacial score (nSPS) is 19.8. The number of anilines is 2. The highest BCUT2D eigenvalue weighted by molar-refractivity contribution is 6.26. The fourth-order valence-corrected chi connectivity index (χ4v) is 6.81. The number of carbonyl (C=O) groups is 4. The van der Waals surface area contributed by atoms with Crippen molar-refractivity contribution in [1.82, 2.24) is 19.6 Å². The second kappa shape index (κ2) is 12.9. The van der Waals surface area contributed by atoms with Gasteiger partial charge in [-0.1, -0.05) is 0 Å². The van der Waals surface area contributed by atoms with Crippen molar-refractivity contribution in [2.24, 2.45) is 0 Å². The van der Waals surface area contributed by atoms with Gasteiger partial charge in [-0.2, -0.15) is 0 Å². The summed E-state index contributed by atoms with van der Waals surface area (Å²) in [6.07, 6.45) is 7.69. The number of imide groups is 1. The summed E-state index contributed by atoms with van der Waals surface area (Å²) in [6, 6.07) is 7.00. The zero-order chi connectivity index (χ0) is 29.1. The predicted molar refractivity (Wildman–Crippen MR) is 163 cm³/mol. The average Bonchev–Trinajstić information content (AvgIpc) is 3.78. The van der Waals surface area contributed by atoms with Crippen molar-refractivity contribution >= 4 is 45.8 Å². The van der Waals surface area contributed by atoms with E-state index in [0.29, 0.717) is 72.3 Å². The minimum absolute atomic E-state index is 0.106. The first-order valence-electron chi connectivity index (χ1n) is 15.7. The molecule has 2 N–H and O–H groups in total. The van der Waals surface area contributed by atoms with E-state index in [9.17, 15) is 19.2 Å². The molecule has 3 saturated heterocycles. The lowest BCUT2D eigenvalue weighted by Crippen LogP contribution is -2.44. The lowest BCUT2D eigenvalue weighted by Gasteiger charge is -2.29. The van der Waals surface area contributed by atoms with Crippen LogP contribution in [-0.2, 0) is 9.59 Å². The molecule has 0 spiro atoms. The van der Waals surface area contributed by atoms with Crippen LogP contribution in [-0.4, -0.2) is 109 Å². The van der Waals surface area contributed by atoms with Crippen molar-refractivity contribution < 1.29 is 19.2 Å². The van der Waals surface area contributed by atoms with Gasteiger partial charge in [-0.15, -0.1) is 0 Å². The van der Waals surface area contributed by atoms with Crippen LogP contribution in [0.2, 0.25) is 0 Å². The third-order valence-electron chi connectivity index (χ3n) is 9.11. The van der Waals surface area contributed by atoms with Crippen molar-refractivity contribution in [3.63, 3.8) is 0 Å². The molecule has 10 heteroatoms. The summed E-state index contributed by atoms with van der Waals surface area (Å²) < 4.78 is 0. The molecule has 0 unspecified atom stereocenters. The lowest BCUT2D eigenvalue weighted by atomic mass is 9.92. The van der Waals surface area contributed by atoms with Gasteiger partial charge in [0.25, 0.3) is 11.8 Å². The van der Waals surface area contributed by atoms with Crippen LogP contribution >= 0.6 is 0 Å². The number of hydrogen-bond acceptors (Lipinski definition) is 7. The Morgan fingerprint density at radius 2 is 0.976 bits per heavy atom. The van der Waals surface area contributed by atoms with E-state index in [2.05, 4.69) is 25.3 Å². The number of nitrogens with zero attached hydrogens (tertiary/aromatic N) is 4. The van der Waals surface area contributed by atoms with Crippen LogP contribution in [0.3, 0.4) is 0 Å². The molecule has 4 heterocycles. The van der Waals surface area contributed by atoms with E-state index in [0.717, 1.165) is 52.1 Å². The van der Waals surface area contributed by atoms with Gasteiger partial charge in [0.05, 0.1) is 11.1 Å². The maximum absolute atomic E-state index is 13.7. The van der Waals surface area contributed by atoms with E-state index in [1.165, 1.54) is 30.6 Å². The zero-order valence-corrected chi connectivity index (χ0v) is 24.5. The van der Waals surface area contributed by atoms with Gasteiger partial charge in [-0.05, 0) is 107 Å². The largest absolute Gasteiger partial charge is 0.326 e. The van der Waals surface area contributed by atoms with Crippen LogP contribution in [0.5, 0.6) is 0 Å². The van der Waals surface area contributed by atoms with Gasteiger partial charge in [0, 0.05) is 55.8 Å². The Kier molecular flexibility index (Phi) is 8.83. The Labute approximate surface area is 247 Å². The molecule has 42 heavy (non-hydrogen) atoms. The van der Waals surface area contributed by atoms with Gasteiger partial charge >= 0.3 is 0 Å². The molecule has 224 valence electrons. The molecule has 0 bridgehead atoms. The first-order valence-corrected chi connectivity index (χ1v) is 15.7. The first-order chi connectivity index (χ1) is 20.4. The molecule has 4 amide bonds. The van der Waals surface area contributed by atoms with Crippen LogP contribution in [0.1, 0.15) is 72.1 Å². The molecule has 4 aliphatic heterocycles. The molecule has 0 atom stereocenters. The summed E-state index contributed by atoms with van der Waals surface area (Å²) in [6.45, 7) is 8.41. The number of likely N-dealkylation sites (tertiary alicyclic amines) is 3. The maximum atomic E-state index is 13.7. The highest BCUT2D eigenvalue weighted by Crippen LogP contribution is 2.35. The smallest absolute Gasteiger partial charge is 0.261 e. The SMILES string of the molecule is O=C(CCN1CCCC1)Nc1cc2c3c(cc(NC(=O)CCN4CCCC4)cc3c1)C(=O)N(CCN1CCCC1)C2=O. The van der Waals surface area contributed by atoms with E-state index < -0.39 is 0 Å². The number of rotatable bonds is 11. The molecule has 3 fully saturated rings. The molecule has 0 saturated carbocycles. The second-order valence-corrected chi connectivity index (χ2v) is 12.2. The highest BCUT2D eigenvalue weighted by Gasteiger charge is 2.34. The summed E-state index contributed by atoms with van der Waals surface area (Å²) in [5, 5.41) is 7.20. The molecule has 0 aromatic heterocycles. The fraction of sp³-hybridized carbons (Fsp3) is 0.562. The predicted octanol–water partition coefficient (Wildman–Crippen LogP) is 3.38. The highest BCUT2D eigenvalue weighted by atomic mass is 16.2. The Hall–Kier alpha value is -3.34. The van der Waals surface area contributed by atoms with Gasteiger partial charge in [0.2, 0.25) is 11.8 Å². The van der Waals surface area contributed by atoms with Crippen molar-refractivity contribution in [3.8, 4) is 0 Å². The van der Waals surface area contributed by atoms with Gasteiger partial charge in [0.1, 0.15) is 0 Å². The average molecular weight is 575 g/mol. The Morgan fingerprint density at radius 3 is 1.40 bits per heavy atom. The Balaban J connectivity index is 1.25. The summed E-state index contributed by atoms with van der Waals surface area (Å²) in [5.41, 5.74) is 1.86. The fourth-order valence-electron chi connectivity index (χ4n) is 6.81. The monoisotopic (exact) mass is 574 g/mol. The van der Waals surface area contributed by atoms with Crippen molar-refractivity contribution in [2.45, 2.75) is 51.4 Å². The van der Waals surface area contributed by atoms with Gasteiger partial charge in [-0.25, -0.2) is 0 Å². The third-order valence-corrected chi connectivity index (χ3v) is 9.11. The number of hydrogen-bond donors (Lipinski definition) is 2. The molecule has 0 radical (unpaired) electrons. The molecule has 0 aliphatic carbocycles. The van der Waals surface area contributed by atoms with E-state index in [4.69, 9.17) is 0 Å². The quantitative estimate of drug-likeness (QED) is 0.397. The van der Waals surface area contributed by atoms with Crippen LogP contribution in [0, 0.1) is 0 Å². The topological polar surface area (TPSA) is 105 Å². The third kappa shape index (κ3) is 6.50. The summed E-state index contributed by atoms with van der Waals surface area (Å²) in [7, 11) is 0. The molecule has 6 rings (SSSR count). The van der Waals surface area contributed by atoms with Gasteiger partial charge < -0.3 is 25.3 Å². The van der Waals surface area contributed by atoms with Crippen LogP contribution in [0.15, 0.2) is 24.3 Å². The number of amides is 4. The summed E-state index contributed by atoms with van der Waals surface area (Å²) in [4.78, 5) is 61.4. The second-order valence-electron chi connectivity index (χ2n) is 12.2. The van der Waals surface area contributed by atoms with Gasteiger partial charge in [-0.3, -0.25) is 24.1 Å². The molecule has 10 nitrogen and oxygen atoms in total. The molecular formula is C32H42N6O4. The number of carbonyl (C=O) groups excluding carboxylic acids is 4. The van der Waals surface area contributed by atoms with Crippen molar-refractivity contribution in [2.75, 3.05) is 76.1 Å². The minimum Gasteiger partial charge on any atom is -0.326 e. The number of benzene rings is 2. The Bertz CT molecular complexity index is 1270. The van der Waals surface area contributed by atoms with E-state index in [1.54, 1.807) is 24.3 Å². The lowest BCUT2D eigenvalue weighted by molar-refractivity contribution is -0.117. The molecular weight excluding hydrogens is 532 g/mol. The van der Waals surface area contributed by atoms with E-state index in [1.807, 2.05) is 0 Å². The van der Waals surface area contributed by atoms with Crippen LogP contribution < -0.4 is 10.6 Å². The van der Waals surface area contributed by atoms with Crippen molar-refractivity contribution in [1.29, 1.82) is 0 Å². The standard InChI is InChI=1S/C32H42N6O4/c39-28(7-15-35-9-1-2-10-35)33-24-19-23-20-25(34-29(40)8-16-36-11-3-4-12-36)22-27-30(23)26(21-24)31(41)38(32(27)42)18-17-37-13-5-6-14-37/h19-22H,1-18H2,(H,33,39)(H,34,40). The molecule has 2 aromatic carbocycles. The van der Waals surface area contributed by atoms with Crippen LogP contribution in [0.25, 0.3) is 10.8 Å². The van der Waals surface area contributed by atoms with E-state index >= 15 is 0 Å². The Morgan fingerprint density at radius 1 is 0.571 bits per heavy atom. The van der Waals surface area contributed by atoms with Crippen molar-refractivity contribution in [3.05, 3.63) is 35.4 Å². The maximum Gasteiger partial charge on any atom is 0.261 e. The number of nitrogens with one attached hydrogen (secondary N) is 2. The van der Waals surface area contributed by atoms with E-state index in [-0.39, 0.29) is 23.6 Å². The summed E-state index contributed by atoms with van der Waals surface area (Å²) >= 11 is 0. The zero-order valence-electron chi connectivity index (χ0n) is 24.5. The summed E-state index contributed by atoms with van der Waals surface area (Å²) in [5.74, 6) is -0.893. The minimum atomic E-state index is -0.340.